The molecule has 0 bridgehead atoms. The van der Waals surface area contributed by atoms with Crippen molar-refractivity contribution in [3.05, 3.63) is 137 Å². The van der Waals surface area contributed by atoms with Crippen molar-refractivity contribution in [3.8, 4) is 0 Å². The van der Waals surface area contributed by atoms with Crippen LogP contribution in [0.3, 0.4) is 0 Å². The number of amides is 1. The number of benzene rings is 7. The molecule has 0 unspecified atom stereocenters. The van der Waals surface area contributed by atoms with Gasteiger partial charge in [-0.2, -0.15) is 0 Å². The largest absolute Gasteiger partial charge is 0.545 e. The summed E-state index contributed by atoms with van der Waals surface area (Å²) in [5.74, 6) is -1.71. The molecule has 202 valence electrons. The van der Waals surface area contributed by atoms with Gasteiger partial charge in [0.05, 0.1) is 5.97 Å². The van der Waals surface area contributed by atoms with Gasteiger partial charge in [-0.3, -0.25) is 9.59 Å². The van der Waals surface area contributed by atoms with Crippen LogP contribution in [0.2, 0.25) is 0 Å². The Kier molecular flexibility index (Phi) is 5.94. The monoisotopic (exact) mass is 546 g/mol. The standard InChI is InChI=1S/C37H25NO4/c1-21-12-13-24-27-16-19-30(37(41)42)35-28(31(39)20-22-8-4-2-5-9-22)17-14-26(34(27)35)25-15-18-29(32(21)33(24)25)36(40)38-23-10-6-3-7-11-23/h2-19H,20H2,1H3,(H,38,40)(H,41,42)/p-1. The highest BCUT2D eigenvalue weighted by atomic mass is 16.4. The molecule has 1 amide bonds. The lowest BCUT2D eigenvalue weighted by Crippen LogP contribution is -2.23. The highest BCUT2D eigenvalue weighted by Gasteiger charge is 2.23. The molecule has 0 spiro atoms. The van der Waals surface area contributed by atoms with Crippen LogP contribution in [-0.2, 0) is 6.42 Å². The van der Waals surface area contributed by atoms with Crippen molar-refractivity contribution in [2.75, 3.05) is 5.32 Å². The van der Waals surface area contributed by atoms with E-state index >= 15 is 0 Å². The summed E-state index contributed by atoms with van der Waals surface area (Å²) >= 11 is 0. The van der Waals surface area contributed by atoms with Crippen LogP contribution in [0.4, 0.5) is 5.69 Å². The van der Waals surface area contributed by atoms with E-state index in [0.29, 0.717) is 27.6 Å². The molecule has 0 aliphatic rings. The summed E-state index contributed by atoms with van der Waals surface area (Å²) in [5, 5.41) is 21.6. The molecule has 7 rings (SSSR count). The molecule has 0 aliphatic carbocycles. The number of hydrogen-bond acceptors (Lipinski definition) is 4. The molecule has 0 radical (unpaired) electrons. The average molecular weight is 547 g/mol. The number of fused-ring (bicyclic) bond motifs is 2. The Bertz CT molecular complexity index is 2180. The topological polar surface area (TPSA) is 86.3 Å². The Morgan fingerprint density at radius 1 is 0.571 bits per heavy atom. The predicted molar refractivity (Wildman–Crippen MR) is 166 cm³/mol. The van der Waals surface area contributed by atoms with Crippen LogP contribution in [0.1, 0.15) is 42.2 Å². The zero-order valence-electron chi connectivity index (χ0n) is 22.7. The smallest absolute Gasteiger partial charge is 0.256 e. The molecule has 0 aromatic heterocycles. The minimum absolute atomic E-state index is 0.0160. The van der Waals surface area contributed by atoms with Crippen molar-refractivity contribution in [3.63, 3.8) is 0 Å². The molecule has 7 aromatic carbocycles. The number of carboxylic acid groups (broad SMARTS) is 1. The molecule has 1 N–H and O–H groups in total. The van der Waals surface area contributed by atoms with Crippen molar-refractivity contribution in [1.29, 1.82) is 0 Å². The lowest BCUT2D eigenvalue weighted by Gasteiger charge is -2.20. The molecule has 5 heteroatoms. The quantitative estimate of drug-likeness (QED) is 0.137. The van der Waals surface area contributed by atoms with Crippen molar-refractivity contribution in [2.45, 2.75) is 13.3 Å². The highest BCUT2D eigenvalue weighted by molar-refractivity contribution is 6.37. The zero-order chi connectivity index (χ0) is 29.0. The van der Waals surface area contributed by atoms with Gasteiger partial charge in [-0.1, -0.05) is 91.0 Å². The third-order valence-electron chi connectivity index (χ3n) is 8.11. The molecule has 5 nitrogen and oxygen atoms in total. The maximum atomic E-state index is 13.6. The second-order valence-corrected chi connectivity index (χ2v) is 10.6. The molecule has 0 heterocycles. The van der Waals surface area contributed by atoms with Gasteiger partial charge in [0, 0.05) is 34.2 Å². The predicted octanol–water partition coefficient (Wildman–Crippen LogP) is 7.09. The third kappa shape index (κ3) is 3.98. The maximum Gasteiger partial charge on any atom is 0.256 e. The Morgan fingerprint density at radius 3 is 1.71 bits per heavy atom. The van der Waals surface area contributed by atoms with Crippen LogP contribution in [0, 0.1) is 6.92 Å². The molecule has 42 heavy (non-hydrogen) atoms. The Labute approximate surface area is 241 Å². The maximum absolute atomic E-state index is 13.6. The molecular formula is C37H24NO4-. The molecule has 7 aromatic rings. The molecule has 0 saturated heterocycles. The molecule has 0 fully saturated rings. The summed E-state index contributed by atoms with van der Waals surface area (Å²) in [6.45, 7) is 1.98. The van der Waals surface area contributed by atoms with Crippen LogP contribution in [0.15, 0.2) is 109 Å². The second-order valence-electron chi connectivity index (χ2n) is 10.6. The van der Waals surface area contributed by atoms with E-state index in [1.54, 1.807) is 12.1 Å². The number of carboxylic acids is 1. The van der Waals surface area contributed by atoms with Crippen molar-refractivity contribution in [1.82, 2.24) is 0 Å². The van der Waals surface area contributed by atoms with E-state index in [1.807, 2.05) is 97.9 Å². The lowest BCUT2D eigenvalue weighted by molar-refractivity contribution is -0.254. The van der Waals surface area contributed by atoms with E-state index < -0.39 is 5.97 Å². The van der Waals surface area contributed by atoms with Crippen LogP contribution >= 0.6 is 0 Å². The summed E-state index contributed by atoms with van der Waals surface area (Å²) in [4.78, 5) is 39.5. The van der Waals surface area contributed by atoms with E-state index in [-0.39, 0.29) is 23.7 Å². The van der Waals surface area contributed by atoms with Gasteiger partial charge in [-0.05, 0) is 74.0 Å². The summed E-state index contributed by atoms with van der Waals surface area (Å²) in [6.07, 6.45) is 0.150. The average Bonchev–Trinajstić information content (AvgIpc) is 3.00. The number of ketones is 1. The zero-order valence-corrected chi connectivity index (χ0v) is 22.7. The number of para-hydroxylation sites is 1. The Balaban J connectivity index is 1.51. The molecule has 0 atom stereocenters. The number of aryl methyl sites for hydroxylation is 1. The molecule has 0 saturated carbocycles. The van der Waals surface area contributed by atoms with Gasteiger partial charge >= 0.3 is 0 Å². The number of carbonyl (C=O) groups is 3. The van der Waals surface area contributed by atoms with Gasteiger partial charge in [-0.15, -0.1) is 0 Å². The minimum atomic E-state index is -1.33. The Hall–Kier alpha value is -5.55. The number of carbonyl (C=O) groups excluding carboxylic acids is 3. The number of aromatic carboxylic acids is 1. The van der Waals surface area contributed by atoms with Gasteiger partial charge in [-0.25, -0.2) is 0 Å². The lowest BCUT2D eigenvalue weighted by atomic mass is 9.83. The van der Waals surface area contributed by atoms with Crippen LogP contribution in [0.25, 0.3) is 43.1 Å². The normalized spacial score (nSPS) is 11.5. The Morgan fingerprint density at radius 2 is 1.10 bits per heavy atom. The van der Waals surface area contributed by atoms with Gasteiger partial charge in [0.15, 0.2) is 5.78 Å². The van der Waals surface area contributed by atoms with Crippen LogP contribution < -0.4 is 10.4 Å². The molecular weight excluding hydrogens is 522 g/mol. The van der Waals surface area contributed by atoms with Gasteiger partial charge in [0.2, 0.25) is 0 Å². The van der Waals surface area contributed by atoms with Gasteiger partial charge < -0.3 is 15.2 Å². The summed E-state index contributed by atoms with van der Waals surface area (Å²) in [5.41, 5.74) is 3.40. The minimum Gasteiger partial charge on any atom is -0.545 e. The fraction of sp³-hybridized carbons (Fsp3) is 0.0541. The van der Waals surface area contributed by atoms with E-state index in [1.165, 1.54) is 6.07 Å². The van der Waals surface area contributed by atoms with Crippen molar-refractivity contribution < 1.29 is 19.5 Å². The summed E-state index contributed by atoms with van der Waals surface area (Å²) < 4.78 is 0. The first-order chi connectivity index (χ1) is 20.4. The van der Waals surface area contributed by atoms with Crippen molar-refractivity contribution in [2.24, 2.45) is 0 Å². The number of rotatable bonds is 6. The first kappa shape index (κ1) is 25.4. The fourth-order valence-electron chi connectivity index (χ4n) is 6.25. The first-order valence-electron chi connectivity index (χ1n) is 13.7. The number of Topliss-reactive ketones (excluding diaryl/α,β-unsaturated/α-hetero) is 1. The SMILES string of the molecule is Cc1ccc2c3ccc(C(=O)[O-])c4c(C(=O)Cc5ccccc5)ccc(c5ccc(C(=O)Nc6ccccc6)c1c25)c43. The fourth-order valence-corrected chi connectivity index (χ4v) is 6.25. The number of nitrogens with one attached hydrogen (secondary N) is 1. The van der Waals surface area contributed by atoms with Gasteiger partial charge in [0.1, 0.15) is 0 Å². The van der Waals surface area contributed by atoms with E-state index in [2.05, 4.69) is 5.32 Å². The third-order valence-corrected chi connectivity index (χ3v) is 8.11. The molecule has 0 aliphatic heterocycles. The van der Waals surface area contributed by atoms with Crippen LogP contribution in [0.5, 0.6) is 0 Å². The van der Waals surface area contributed by atoms with E-state index in [9.17, 15) is 19.5 Å². The van der Waals surface area contributed by atoms with E-state index in [0.717, 1.165) is 43.4 Å². The van der Waals surface area contributed by atoms with Crippen LogP contribution in [-0.4, -0.2) is 17.7 Å². The first-order valence-corrected chi connectivity index (χ1v) is 13.7. The van der Waals surface area contributed by atoms with Gasteiger partial charge in [0.25, 0.3) is 5.91 Å². The van der Waals surface area contributed by atoms with Crippen molar-refractivity contribution >= 4 is 66.4 Å². The summed E-state index contributed by atoms with van der Waals surface area (Å²) in [7, 11) is 0. The number of anilines is 1. The summed E-state index contributed by atoms with van der Waals surface area (Å²) in [6, 6.07) is 33.4. The highest BCUT2D eigenvalue weighted by Crippen LogP contribution is 2.44. The van der Waals surface area contributed by atoms with E-state index in [4.69, 9.17) is 0 Å². The number of hydrogen-bond donors (Lipinski definition) is 1. The second kappa shape index (κ2) is 9.82.